The van der Waals surface area contributed by atoms with Gasteiger partial charge in [0.2, 0.25) is 0 Å². The average Bonchev–Trinajstić information content (AvgIpc) is 2.91. The number of benzene rings is 1. The highest BCUT2D eigenvalue weighted by molar-refractivity contribution is 5.98. The molecule has 0 spiro atoms. The van der Waals surface area contributed by atoms with E-state index in [0.717, 1.165) is 19.5 Å². The van der Waals surface area contributed by atoms with Crippen LogP contribution in [0, 0.1) is 0 Å². The first kappa shape index (κ1) is 15.3. The molecule has 0 bridgehead atoms. The fourth-order valence-corrected chi connectivity index (χ4v) is 2.56. The highest BCUT2D eigenvalue weighted by Crippen LogP contribution is 2.21. The summed E-state index contributed by atoms with van der Waals surface area (Å²) in [6.45, 7) is 1.79. The molecule has 1 heterocycles. The summed E-state index contributed by atoms with van der Waals surface area (Å²) in [7, 11) is 5.23. The Hall–Kier alpha value is -2.08. The van der Waals surface area contributed by atoms with E-state index >= 15 is 0 Å². The zero-order valence-corrected chi connectivity index (χ0v) is 12.5. The summed E-state index contributed by atoms with van der Waals surface area (Å²) in [6.07, 6.45) is 0.925. The lowest BCUT2D eigenvalue weighted by atomic mass is 10.1. The van der Waals surface area contributed by atoms with Crippen LogP contribution in [0.3, 0.4) is 0 Å². The van der Waals surface area contributed by atoms with E-state index in [1.165, 1.54) is 19.2 Å². The number of methoxy groups -OCH3 is 1. The molecule has 1 unspecified atom stereocenters. The fraction of sp³-hybridized carbons (Fsp3) is 0.467. The number of carbonyl (C=O) groups excluding carboxylic acids is 1. The average molecular weight is 292 g/mol. The third-order valence-electron chi connectivity index (χ3n) is 3.87. The molecule has 1 N–H and O–H groups in total. The summed E-state index contributed by atoms with van der Waals surface area (Å²) in [5.74, 6) is -0.891. The van der Waals surface area contributed by atoms with Crippen molar-refractivity contribution in [3.05, 3.63) is 29.3 Å². The highest BCUT2D eigenvalue weighted by Gasteiger charge is 2.27. The minimum atomic E-state index is -1.08. The lowest BCUT2D eigenvalue weighted by Crippen LogP contribution is -2.38. The van der Waals surface area contributed by atoms with Gasteiger partial charge in [-0.25, -0.2) is 4.79 Å². The van der Waals surface area contributed by atoms with Crippen molar-refractivity contribution in [1.82, 2.24) is 9.80 Å². The smallest absolute Gasteiger partial charge is 0.335 e. The summed E-state index contributed by atoms with van der Waals surface area (Å²) < 4.78 is 5.08. The molecule has 1 amide bonds. The molecule has 21 heavy (non-hydrogen) atoms. The second-order valence-electron chi connectivity index (χ2n) is 5.38. The van der Waals surface area contributed by atoms with E-state index < -0.39 is 5.97 Å². The third kappa shape index (κ3) is 3.33. The molecule has 6 heteroatoms. The standard InChI is InChI=1S/C15H20N2O4/c1-16-5-4-12(9-16)17(2)14(18)10-6-11(15(19)20)8-13(7-10)21-3/h6-8,12H,4-5,9H2,1-3H3,(H,19,20). The summed E-state index contributed by atoms with van der Waals surface area (Å²) in [6, 6.07) is 4.52. The number of likely N-dealkylation sites (N-methyl/N-ethyl adjacent to an activating group) is 2. The van der Waals surface area contributed by atoms with Gasteiger partial charge in [-0.15, -0.1) is 0 Å². The van der Waals surface area contributed by atoms with Gasteiger partial charge in [-0.05, 0) is 38.2 Å². The SMILES string of the molecule is COc1cc(C(=O)O)cc(C(=O)N(C)C2CCN(C)C2)c1. The van der Waals surface area contributed by atoms with E-state index in [-0.39, 0.29) is 17.5 Å². The molecule has 2 rings (SSSR count). The molecule has 0 aromatic heterocycles. The van der Waals surface area contributed by atoms with Crippen molar-refractivity contribution in [3.63, 3.8) is 0 Å². The van der Waals surface area contributed by atoms with E-state index in [0.29, 0.717) is 11.3 Å². The highest BCUT2D eigenvalue weighted by atomic mass is 16.5. The van der Waals surface area contributed by atoms with Crippen LogP contribution in [0.4, 0.5) is 0 Å². The molecular weight excluding hydrogens is 272 g/mol. The molecular formula is C15H20N2O4. The van der Waals surface area contributed by atoms with Gasteiger partial charge in [0.05, 0.1) is 12.7 Å². The predicted octanol–water partition coefficient (Wildman–Crippen LogP) is 1.17. The molecule has 1 aromatic carbocycles. The Balaban J connectivity index is 2.25. The number of hydrogen-bond acceptors (Lipinski definition) is 4. The zero-order valence-electron chi connectivity index (χ0n) is 12.5. The van der Waals surface area contributed by atoms with E-state index in [2.05, 4.69) is 4.90 Å². The van der Waals surface area contributed by atoms with Crippen LogP contribution in [-0.4, -0.2) is 67.1 Å². The van der Waals surface area contributed by atoms with E-state index in [9.17, 15) is 9.59 Å². The quantitative estimate of drug-likeness (QED) is 0.902. The van der Waals surface area contributed by atoms with Gasteiger partial charge < -0.3 is 19.6 Å². The lowest BCUT2D eigenvalue weighted by molar-refractivity contribution is 0.0696. The first-order chi connectivity index (χ1) is 9.92. The van der Waals surface area contributed by atoms with Crippen molar-refractivity contribution >= 4 is 11.9 Å². The van der Waals surface area contributed by atoms with E-state index in [1.807, 2.05) is 7.05 Å². The number of carboxylic acid groups (broad SMARTS) is 1. The van der Waals surface area contributed by atoms with Gasteiger partial charge in [-0.2, -0.15) is 0 Å². The lowest BCUT2D eigenvalue weighted by Gasteiger charge is -2.24. The van der Waals surface area contributed by atoms with Crippen LogP contribution in [-0.2, 0) is 0 Å². The van der Waals surface area contributed by atoms with Gasteiger partial charge in [0.25, 0.3) is 5.91 Å². The number of likely N-dealkylation sites (tertiary alicyclic amines) is 1. The van der Waals surface area contributed by atoms with Crippen LogP contribution < -0.4 is 4.74 Å². The molecule has 1 aliphatic heterocycles. The molecule has 1 atom stereocenters. The van der Waals surface area contributed by atoms with Crippen LogP contribution in [0.1, 0.15) is 27.1 Å². The molecule has 1 fully saturated rings. The van der Waals surface area contributed by atoms with Crippen molar-refractivity contribution < 1.29 is 19.4 Å². The van der Waals surface area contributed by atoms with Gasteiger partial charge in [-0.1, -0.05) is 0 Å². The first-order valence-electron chi connectivity index (χ1n) is 6.80. The van der Waals surface area contributed by atoms with Gasteiger partial charge >= 0.3 is 5.97 Å². The number of hydrogen-bond donors (Lipinski definition) is 1. The first-order valence-corrected chi connectivity index (χ1v) is 6.80. The van der Waals surface area contributed by atoms with Crippen molar-refractivity contribution in [1.29, 1.82) is 0 Å². The summed E-state index contributed by atoms with van der Waals surface area (Å²) in [5, 5.41) is 9.11. The van der Waals surface area contributed by atoms with Crippen molar-refractivity contribution in [2.75, 3.05) is 34.3 Å². The number of rotatable bonds is 4. The Morgan fingerprint density at radius 1 is 1.33 bits per heavy atom. The largest absolute Gasteiger partial charge is 0.497 e. The Morgan fingerprint density at radius 3 is 2.52 bits per heavy atom. The van der Waals surface area contributed by atoms with Crippen LogP contribution in [0.5, 0.6) is 5.75 Å². The Labute approximate surface area is 123 Å². The number of carboxylic acids is 1. The normalized spacial score (nSPS) is 18.5. The minimum Gasteiger partial charge on any atom is -0.497 e. The summed E-state index contributed by atoms with van der Waals surface area (Å²) >= 11 is 0. The molecule has 1 aromatic rings. The molecule has 1 aliphatic rings. The maximum atomic E-state index is 12.5. The fourth-order valence-electron chi connectivity index (χ4n) is 2.56. The monoisotopic (exact) mass is 292 g/mol. The minimum absolute atomic E-state index is 0.0506. The molecule has 0 aliphatic carbocycles. The maximum Gasteiger partial charge on any atom is 0.335 e. The van der Waals surface area contributed by atoms with E-state index in [4.69, 9.17) is 9.84 Å². The molecule has 0 saturated carbocycles. The Bertz CT molecular complexity index is 559. The van der Waals surface area contributed by atoms with Crippen molar-refractivity contribution in [2.24, 2.45) is 0 Å². The third-order valence-corrected chi connectivity index (χ3v) is 3.87. The second-order valence-corrected chi connectivity index (χ2v) is 5.38. The maximum absolute atomic E-state index is 12.5. The van der Waals surface area contributed by atoms with Crippen LogP contribution in [0.25, 0.3) is 0 Å². The van der Waals surface area contributed by atoms with Gasteiger partial charge in [0.1, 0.15) is 5.75 Å². The summed E-state index contributed by atoms with van der Waals surface area (Å²) in [4.78, 5) is 27.5. The van der Waals surface area contributed by atoms with Gasteiger partial charge in [0, 0.05) is 25.2 Å². The Morgan fingerprint density at radius 2 is 2.00 bits per heavy atom. The topological polar surface area (TPSA) is 70.1 Å². The zero-order chi connectivity index (χ0) is 15.6. The number of nitrogens with zero attached hydrogens (tertiary/aromatic N) is 2. The van der Waals surface area contributed by atoms with Crippen LogP contribution in [0.2, 0.25) is 0 Å². The number of ether oxygens (including phenoxy) is 1. The van der Waals surface area contributed by atoms with E-state index in [1.54, 1.807) is 18.0 Å². The van der Waals surface area contributed by atoms with Crippen LogP contribution in [0.15, 0.2) is 18.2 Å². The van der Waals surface area contributed by atoms with Gasteiger partial charge in [-0.3, -0.25) is 4.79 Å². The summed E-state index contributed by atoms with van der Waals surface area (Å²) in [5.41, 5.74) is 0.387. The molecule has 1 saturated heterocycles. The number of carbonyl (C=O) groups is 2. The Kier molecular flexibility index (Phi) is 4.47. The molecule has 6 nitrogen and oxygen atoms in total. The number of amides is 1. The predicted molar refractivity (Wildman–Crippen MR) is 77.9 cm³/mol. The van der Waals surface area contributed by atoms with Crippen LogP contribution >= 0.6 is 0 Å². The van der Waals surface area contributed by atoms with Crippen molar-refractivity contribution in [3.8, 4) is 5.75 Å². The second kappa shape index (κ2) is 6.13. The van der Waals surface area contributed by atoms with Crippen molar-refractivity contribution in [2.45, 2.75) is 12.5 Å². The van der Waals surface area contributed by atoms with Gasteiger partial charge in [0.15, 0.2) is 0 Å². The molecule has 0 radical (unpaired) electrons. The number of aromatic carboxylic acids is 1. The molecule has 114 valence electrons.